The molecule has 0 aromatic carbocycles. The highest BCUT2D eigenvalue weighted by Crippen LogP contribution is 1.95. The van der Waals surface area contributed by atoms with Crippen molar-refractivity contribution < 1.29 is 9.90 Å². The molecule has 8 heavy (non-hydrogen) atoms. The second-order valence-corrected chi connectivity index (χ2v) is 1.86. The van der Waals surface area contributed by atoms with Gasteiger partial charge in [0.1, 0.15) is 6.29 Å². The van der Waals surface area contributed by atoms with Crippen molar-refractivity contribution in [1.29, 1.82) is 0 Å². The number of hydrogen-bond acceptors (Lipinski definition) is 2. The quantitative estimate of drug-likeness (QED) is 0.453. The Morgan fingerprint density at radius 1 is 1.75 bits per heavy atom. The van der Waals surface area contributed by atoms with Gasteiger partial charge in [-0.15, -0.1) is 11.6 Å². The molecule has 0 rings (SSSR count). The van der Waals surface area contributed by atoms with E-state index in [1.807, 2.05) is 0 Å². The Bertz CT molecular complexity index is 65.4. The first-order chi connectivity index (χ1) is 3.81. The van der Waals surface area contributed by atoms with E-state index in [-0.39, 0.29) is 5.88 Å². The zero-order chi connectivity index (χ0) is 6.41. The summed E-state index contributed by atoms with van der Waals surface area (Å²) in [6, 6.07) is 0. The Hall–Kier alpha value is -0.0800. The van der Waals surface area contributed by atoms with E-state index in [0.29, 0.717) is 12.8 Å². The minimum absolute atomic E-state index is 0.216. The van der Waals surface area contributed by atoms with Gasteiger partial charge in [0.05, 0.1) is 6.10 Å². The summed E-state index contributed by atoms with van der Waals surface area (Å²) in [5, 5.41) is 8.70. The second-order valence-electron chi connectivity index (χ2n) is 1.55. The van der Waals surface area contributed by atoms with Crippen LogP contribution in [-0.2, 0) is 4.79 Å². The van der Waals surface area contributed by atoms with Gasteiger partial charge in [0, 0.05) is 12.3 Å². The highest BCUT2D eigenvalue weighted by molar-refractivity contribution is 6.18. The minimum atomic E-state index is -0.512. The van der Waals surface area contributed by atoms with Crippen molar-refractivity contribution in [1.82, 2.24) is 0 Å². The maximum atomic E-state index is 9.67. The summed E-state index contributed by atoms with van der Waals surface area (Å²) in [6.45, 7) is 0. The van der Waals surface area contributed by atoms with Crippen LogP contribution in [0.3, 0.4) is 0 Å². The first-order valence-electron chi connectivity index (χ1n) is 2.49. The fourth-order valence-corrected chi connectivity index (χ4v) is 0.492. The smallest absolute Gasteiger partial charge is 0.120 e. The molecule has 0 aliphatic rings. The van der Waals surface area contributed by atoms with E-state index in [1.165, 1.54) is 0 Å². The molecule has 1 unspecified atom stereocenters. The van der Waals surface area contributed by atoms with Gasteiger partial charge >= 0.3 is 0 Å². The van der Waals surface area contributed by atoms with Crippen LogP contribution in [0, 0.1) is 0 Å². The molecule has 0 bridgehead atoms. The Labute approximate surface area is 53.5 Å². The predicted molar refractivity (Wildman–Crippen MR) is 32.0 cm³/mol. The van der Waals surface area contributed by atoms with Crippen molar-refractivity contribution in [3.63, 3.8) is 0 Å². The molecule has 1 atom stereocenters. The topological polar surface area (TPSA) is 37.3 Å². The zero-order valence-corrected chi connectivity index (χ0v) is 5.27. The largest absolute Gasteiger partial charge is 0.392 e. The standard InChI is InChI=1S/C5H9ClO2/c6-4-5(8)2-1-3-7/h3,5,8H,1-2,4H2. The summed E-state index contributed by atoms with van der Waals surface area (Å²) in [6.07, 6.45) is 1.14. The first-order valence-corrected chi connectivity index (χ1v) is 3.02. The fraction of sp³-hybridized carbons (Fsp3) is 0.800. The molecule has 48 valence electrons. The maximum absolute atomic E-state index is 9.67. The number of carbonyl (C=O) groups excluding carboxylic acids is 1. The van der Waals surface area contributed by atoms with Crippen molar-refractivity contribution in [3.05, 3.63) is 0 Å². The molecule has 0 aliphatic carbocycles. The van der Waals surface area contributed by atoms with Crippen molar-refractivity contribution in [2.75, 3.05) is 5.88 Å². The number of carbonyl (C=O) groups is 1. The van der Waals surface area contributed by atoms with Gasteiger partial charge in [-0.2, -0.15) is 0 Å². The molecule has 1 N–H and O–H groups in total. The van der Waals surface area contributed by atoms with Crippen LogP contribution in [0.15, 0.2) is 0 Å². The summed E-state index contributed by atoms with van der Waals surface area (Å²) in [5.41, 5.74) is 0. The monoisotopic (exact) mass is 136 g/mol. The number of halogens is 1. The molecule has 3 heteroatoms. The van der Waals surface area contributed by atoms with Crippen molar-refractivity contribution in [2.45, 2.75) is 18.9 Å². The SMILES string of the molecule is O=CCCC(O)CCl. The maximum Gasteiger partial charge on any atom is 0.120 e. The van der Waals surface area contributed by atoms with Crippen LogP contribution in [0.5, 0.6) is 0 Å². The summed E-state index contributed by atoms with van der Waals surface area (Å²) in [7, 11) is 0. The van der Waals surface area contributed by atoms with Gasteiger partial charge in [-0.3, -0.25) is 0 Å². The zero-order valence-electron chi connectivity index (χ0n) is 4.51. The van der Waals surface area contributed by atoms with Crippen LogP contribution in [0.25, 0.3) is 0 Å². The summed E-state index contributed by atoms with van der Waals surface area (Å²) < 4.78 is 0. The van der Waals surface area contributed by atoms with E-state index in [4.69, 9.17) is 16.7 Å². The van der Waals surface area contributed by atoms with Crippen LogP contribution in [0.1, 0.15) is 12.8 Å². The molecule has 0 aromatic rings. The average molecular weight is 137 g/mol. The molecule has 0 saturated heterocycles. The summed E-state index contributed by atoms with van der Waals surface area (Å²) >= 11 is 5.22. The molecule has 0 aliphatic heterocycles. The third-order valence-electron chi connectivity index (χ3n) is 0.796. The molecule has 0 aromatic heterocycles. The second kappa shape index (κ2) is 5.06. The summed E-state index contributed by atoms with van der Waals surface area (Å²) in [5.74, 6) is 0.216. The van der Waals surface area contributed by atoms with Crippen molar-refractivity contribution in [2.24, 2.45) is 0 Å². The van der Waals surface area contributed by atoms with E-state index in [0.717, 1.165) is 6.29 Å². The van der Waals surface area contributed by atoms with Crippen LogP contribution in [0.2, 0.25) is 0 Å². The van der Waals surface area contributed by atoms with Crippen LogP contribution in [0.4, 0.5) is 0 Å². The van der Waals surface area contributed by atoms with Gasteiger partial charge in [-0.1, -0.05) is 0 Å². The van der Waals surface area contributed by atoms with Gasteiger partial charge in [-0.05, 0) is 6.42 Å². The predicted octanol–water partition coefficient (Wildman–Crippen LogP) is 0.565. The van der Waals surface area contributed by atoms with E-state index in [2.05, 4.69) is 0 Å². The van der Waals surface area contributed by atoms with Crippen LogP contribution in [-0.4, -0.2) is 23.4 Å². The lowest BCUT2D eigenvalue weighted by Gasteiger charge is -1.99. The normalized spacial score (nSPS) is 13.2. The Morgan fingerprint density at radius 2 is 2.38 bits per heavy atom. The molecule has 0 heterocycles. The molecule has 0 fully saturated rings. The first kappa shape index (κ1) is 7.92. The molecule has 0 spiro atoms. The van der Waals surface area contributed by atoms with Crippen molar-refractivity contribution >= 4 is 17.9 Å². The van der Waals surface area contributed by atoms with E-state index in [9.17, 15) is 4.79 Å². The lowest BCUT2D eigenvalue weighted by Crippen LogP contribution is -2.07. The molecule has 0 saturated carbocycles. The Morgan fingerprint density at radius 3 is 2.75 bits per heavy atom. The summed E-state index contributed by atoms with van der Waals surface area (Å²) in [4.78, 5) is 9.67. The van der Waals surface area contributed by atoms with Gasteiger partial charge in [0.15, 0.2) is 0 Å². The van der Waals surface area contributed by atoms with Gasteiger partial charge < -0.3 is 9.90 Å². The van der Waals surface area contributed by atoms with Crippen LogP contribution >= 0.6 is 11.6 Å². The van der Waals surface area contributed by atoms with Gasteiger partial charge in [0.25, 0.3) is 0 Å². The third-order valence-corrected chi connectivity index (χ3v) is 1.15. The highest BCUT2D eigenvalue weighted by atomic mass is 35.5. The number of aldehydes is 1. The number of alkyl halides is 1. The van der Waals surface area contributed by atoms with E-state index >= 15 is 0 Å². The average Bonchev–Trinajstić information content (AvgIpc) is 1.83. The van der Waals surface area contributed by atoms with E-state index in [1.54, 1.807) is 0 Å². The van der Waals surface area contributed by atoms with Crippen LogP contribution < -0.4 is 0 Å². The number of rotatable bonds is 4. The molecule has 0 radical (unpaired) electrons. The minimum Gasteiger partial charge on any atom is -0.392 e. The fourth-order valence-electron chi connectivity index (χ4n) is 0.338. The lowest BCUT2D eigenvalue weighted by atomic mass is 10.2. The van der Waals surface area contributed by atoms with E-state index < -0.39 is 6.10 Å². The molecule has 0 amide bonds. The number of aliphatic hydroxyl groups excluding tert-OH is 1. The number of aliphatic hydroxyl groups is 1. The Balaban J connectivity index is 2.97. The van der Waals surface area contributed by atoms with Crippen molar-refractivity contribution in [3.8, 4) is 0 Å². The lowest BCUT2D eigenvalue weighted by molar-refractivity contribution is -0.108. The third kappa shape index (κ3) is 4.09. The molecular formula is C5H9ClO2. The van der Waals surface area contributed by atoms with Gasteiger partial charge in [-0.25, -0.2) is 0 Å². The molecule has 2 nitrogen and oxygen atoms in total. The molecular weight excluding hydrogens is 128 g/mol. The number of hydrogen-bond donors (Lipinski definition) is 1. The highest BCUT2D eigenvalue weighted by Gasteiger charge is 1.98. The Kier molecular flexibility index (Phi) is 5.01. The van der Waals surface area contributed by atoms with Gasteiger partial charge in [0.2, 0.25) is 0 Å².